The lowest BCUT2D eigenvalue weighted by atomic mass is 10.1. The van der Waals surface area contributed by atoms with Gasteiger partial charge in [0.05, 0.1) is 7.11 Å². The van der Waals surface area contributed by atoms with Crippen molar-refractivity contribution in [3.8, 4) is 11.5 Å². The summed E-state index contributed by atoms with van der Waals surface area (Å²) >= 11 is 0. The SMILES string of the molecule is CC(=O)O.COc1cccc(C(=O)COc2ccc(CC=O)cc2)c1. The molecule has 2 rings (SSSR count). The Morgan fingerprint density at radius 1 is 1.08 bits per heavy atom. The van der Waals surface area contributed by atoms with Crippen molar-refractivity contribution in [3.05, 3.63) is 59.7 Å². The molecule has 0 fully saturated rings. The van der Waals surface area contributed by atoms with Crippen LogP contribution in [0.3, 0.4) is 0 Å². The van der Waals surface area contributed by atoms with E-state index in [-0.39, 0.29) is 12.4 Å². The molecule has 0 saturated heterocycles. The minimum Gasteiger partial charge on any atom is -0.497 e. The third-order valence-corrected chi connectivity index (χ3v) is 3.00. The van der Waals surface area contributed by atoms with E-state index in [1.54, 1.807) is 55.6 Å². The Balaban J connectivity index is 0.000000705. The Labute approximate surface area is 146 Å². The van der Waals surface area contributed by atoms with Crippen molar-refractivity contribution in [2.45, 2.75) is 13.3 Å². The number of carbonyl (C=O) groups excluding carboxylic acids is 2. The second kappa shape index (κ2) is 10.6. The number of methoxy groups -OCH3 is 1. The smallest absolute Gasteiger partial charge is 0.300 e. The highest BCUT2D eigenvalue weighted by Crippen LogP contribution is 2.15. The quantitative estimate of drug-likeness (QED) is 0.613. The van der Waals surface area contributed by atoms with E-state index in [4.69, 9.17) is 19.4 Å². The number of Topliss-reactive ketones (excluding diaryl/α,β-unsaturated/α-hetero) is 1. The molecule has 0 radical (unpaired) electrons. The van der Waals surface area contributed by atoms with E-state index in [0.717, 1.165) is 18.8 Å². The van der Waals surface area contributed by atoms with Crippen LogP contribution < -0.4 is 9.47 Å². The average molecular weight is 344 g/mol. The number of ether oxygens (including phenoxy) is 2. The summed E-state index contributed by atoms with van der Waals surface area (Å²) in [5.41, 5.74) is 1.46. The van der Waals surface area contributed by atoms with E-state index in [1.165, 1.54) is 0 Å². The van der Waals surface area contributed by atoms with Gasteiger partial charge in [-0.25, -0.2) is 0 Å². The zero-order valence-electron chi connectivity index (χ0n) is 14.1. The van der Waals surface area contributed by atoms with Crippen molar-refractivity contribution in [2.75, 3.05) is 13.7 Å². The van der Waals surface area contributed by atoms with Gasteiger partial charge < -0.3 is 19.4 Å². The zero-order valence-corrected chi connectivity index (χ0v) is 14.1. The number of aliphatic carboxylic acids is 1. The number of ketones is 1. The van der Waals surface area contributed by atoms with Crippen LogP contribution in [0, 0.1) is 0 Å². The topological polar surface area (TPSA) is 89.9 Å². The Morgan fingerprint density at radius 2 is 1.72 bits per heavy atom. The lowest BCUT2D eigenvalue weighted by molar-refractivity contribution is -0.134. The van der Waals surface area contributed by atoms with Crippen molar-refractivity contribution >= 4 is 18.0 Å². The Kier molecular flexibility index (Phi) is 8.43. The first kappa shape index (κ1) is 19.9. The second-order valence-corrected chi connectivity index (χ2v) is 4.98. The van der Waals surface area contributed by atoms with Gasteiger partial charge in [0.1, 0.15) is 17.8 Å². The average Bonchev–Trinajstić information content (AvgIpc) is 2.60. The molecule has 0 aliphatic carbocycles. The molecule has 0 spiro atoms. The molecule has 0 aliphatic rings. The van der Waals surface area contributed by atoms with Crippen LogP contribution in [-0.4, -0.2) is 36.9 Å². The summed E-state index contributed by atoms with van der Waals surface area (Å²) in [4.78, 5) is 31.4. The Hall–Kier alpha value is -3.15. The molecule has 0 saturated carbocycles. The lowest BCUT2D eigenvalue weighted by Crippen LogP contribution is -2.11. The molecule has 2 aromatic rings. The summed E-state index contributed by atoms with van der Waals surface area (Å²) in [5, 5.41) is 7.42. The highest BCUT2D eigenvalue weighted by Gasteiger charge is 2.08. The lowest BCUT2D eigenvalue weighted by Gasteiger charge is -2.07. The molecule has 6 heteroatoms. The Morgan fingerprint density at radius 3 is 2.28 bits per heavy atom. The van der Waals surface area contributed by atoms with Crippen LogP contribution in [0.1, 0.15) is 22.8 Å². The standard InChI is InChI=1S/C17H16O4.C2H4O2/c1-20-16-4-2-3-14(11-16)17(19)12-21-15-7-5-13(6-8-15)9-10-18;1-2(3)4/h2-8,10-11H,9,12H2,1H3;1H3,(H,3,4). The number of carboxylic acid groups (broad SMARTS) is 1. The third kappa shape index (κ3) is 7.78. The first-order valence-corrected chi connectivity index (χ1v) is 7.48. The first-order chi connectivity index (χ1) is 12.0. The molecule has 0 amide bonds. The maximum absolute atomic E-state index is 12.0. The molecule has 2 aromatic carbocycles. The summed E-state index contributed by atoms with van der Waals surface area (Å²) in [6.45, 7) is 1.04. The summed E-state index contributed by atoms with van der Waals surface area (Å²) in [6, 6.07) is 14.1. The van der Waals surface area contributed by atoms with Crippen molar-refractivity contribution in [3.63, 3.8) is 0 Å². The van der Waals surface area contributed by atoms with E-state index >= 15 is 0 Å². The van der Waals surface area contributed by atoms with Crippen LogP contribution in [-0.2, 0) is 16.0 Å². The molecular formula is C19H20O6. The van der Waals surface area contributed by atoms with Crippen LogP contribution in [0.2, 0.25) is 0 Å². The Bertz CT molecular complexity index is 702. The van der Waals surface area contributed by atoms with Gasteiger partial charge in [-0.3, -0.25) is 9.59 Å². The van der Waals surface area contributed by atoms with E-state index in [0.29, 0.717) is 23.5 Å². The molecule has 0 bridgehead atoms. The van der Waals surface area contributed by atoms with Crippen LogP contribution in [0.4, 0.5) is 0 Å². The number of carboxylic acids is 1. The number of rotatable bonds is 7. The van der Waals surface area contributed by atoms with Gasteiger partial charge in [0.2, 0.25) is 0 Å². The third-order valence-electron chi connectivity index (χ3n) is 3.00. The molecule has 0 atom stereocenters. The highest BCUT2D eigenvalue weighted by molar-refractivity contribution is 5.97. The van der Waals surface area contributed by atoms with Crippen molar-refractivity contribution in [1.29, 1.82) is 0 Å². The molecule has 1 N–H and O–H groups in total. The van der Waals surface area contributed by atoms with Crippen molar-refractivity contribution in [2.24, 2.45) is 0 Å². The minimum atomic E-state index is -0.833. The van der Waals surface area contributed by atoms with E-state index in [1.807, 2.05) is 0 Å². The predicted molar refractivity (Wildman–Crippen MR) is 92.3 cm³/mol. The molecule has 0 heterocycles. The molecule has 0 aliphatic heterocycles. The van der Waals surface area contributed by atoms with E-state index in [9.17, 15) is 9.59 Å². The summed E-state index contributed by atoms with van der Waals surface area (Å²) in [5.74, 6) is 0.283. The van der Waals surface area contributed by atoms with Crippen LogP contribution in [0.15, 0.2) is 48.5 Å². The number of aldehydes is 1. The van der Waals surface area contributed by atoms with Crippen molar-refractivity contribution in [1.82, 2.24) is 0 Å². The molecular weight excluding hydrogens is 324 g/mol. The maximum Gasteiger partial charge on any atom is 0.300 e. The first-order valence-electron chi connectivity index (χ1n) is 7.48. The summed E-state index contributed by atoms with van der Waals surface area (Å²) in [6.07, 6.45) is 1.23. The van der Waals surface area contributed by atoms with Crippen LogP contribution in [0.25, 0.3) is 0 Å². The van der Waals surface area contributed by atoms with Gasteiger partial charge in [0.25, 0.3) is 5.97 Å². The number of benzene rings is 2. The van der Waals surface area contributed by atoms with E-state index < -0.39 is 5.97 Å². The highest BCUT2D eigenvalue weighted by atomic mass is 16.5. The van der Waals surface area contributed by atoms with Crippen LogP contribution in [0.5, 0.6) is 11.5 Å². The van der Waals surface area contributed by atoms with Crippen molar-refractivity contribution < 1.29 is 29.0 Å². The normalized spacial score (nSPS) is 9.36. The fraction of sp³-hybridized carbons (Fsp3) is 0.211. The molecule has 25 heavy (non-hydrogen) atoms. The second-order valence-electron chi connectivity index (χ2n) is 4.98. The molecule has 6 nitrogen and oxygen atoms in total. The summed E-state index contributed by atoms with van der Waals surface area (Å²) in [7, 11) is 1.56. The fourth-order valence-corrected chi connectivity index (χ4v) is 1.85. The molecule has 132 valence electrons. The van der Waals surface area contributed by atoms with E-state index in [2.05, 4.69) is 0 Å². The molecule has 0 aromatic heterocycles. The predicted octanol–water partition coefficient (Wildman–Crippen LogP) is 2.79. The van der Waals surface area contributed by atoms with Gasteiger partial charge in [-0.05, 0) is 29.8 Å². The largest absolute Gasteiger partial charge is 0.497 e. The van der Waals surface area contributed by atoms with Gasteiger partial charge in [0.15, 0.2) is 12.4 Å². The van der Waals surface area contributed by atoms with Gasteiger partial charge in [-0.2, -0.15) is 0 Å². The fourth-order valence-electron chi connectivity index (χ4n) is 1.85. The van der Waals surface area contributed by atoms with Gasteiger partial charge in [-0.15, -0.1) is 0 Å². The zero-order chi connectivity index (χ0) is 18.7. The van der Waals surface area contributed by atoms with Gasteiger partial charge in [0, 0.05) is 18.9 Å². The number of carbonyl (C=O) groups is 3. The number of hydrogen-bond donors (Lipinski definition) is 1. The summed E-state index contributed by atoms with van der Waals surface area (Å²) < 4.78 is 10.5. The number of hydrogen-bond acceptors (Lipinski definition) is 5. The maximum atomic E-state index is 12.0. The van der Waals surface area contributed by atoms with Crippen LogP contribution >= 0.6 is 0 Å². The monoisotopic (exact) mass is 344 g/mol. The minimum absolute atomic E-state index is 0.0415. The van der Waals surface area contributed by atoms with Gasteiger partial charge in [-0.1, -0.05) is 24.3 Å². The molecule has 0 unspecified atom stereocenters. The van der Waals surface area contributed by atoms with Gasteiger partial charge >= 0.3 is 0 Å².